The van der Waals surface area contributed by atoms with Crippen LogP contribution in [-0.4, -0.2) is 25.0 Å². The van der Waals surface area contributed by atoms with E-state index in [4.69, 9.17) is 16.2 Å². The quantitative estimate of drug-likeness (QED) is 0.777. The highest BCUT2D eigenvalue weighted by molar-refractivity contribution is 7.21. The van der Waals surface area contributed by atoms with Gasteiger partial charge in [-0.25, -0.2) is 0 Å². The van der Waals surface area contributed by atoms with Gasteiger partial charge in [-0.1, -0.05) is 6.07 Å². The van der Waals surface area contributed by atoms with Crippen LogP contribution in [0.5, 0.6) is 5.75 Å². The second-order valence-corrected chi connectivity index (χ2v) is 5.78. The second-order valence-electron chi connectivity index (χ2n) is 4.72. The molecule has 1 aromatic carbocycles. The first-order valence-electron chi connectivity index (χ1n) is 6.38. The molecule has 0 saturated heterocycles. The number of nitrogens with two attached hydrogens (primary N) is 2. The highest BCUT2D eigenvalue weighted by atomic mass is 32.1. The summed E-state index contributed by atoms with van der Waals surface area (Å²) in [4.78, 5) is 23.5. The van der Waals surface area contributed by atoms with E-state index in [1.54, 1.807) is 20.1 Å². The fraction of sp³-hybridized carbons (Fsp3) is 0.286. The smallest absolute Gasteiger partial charge is 0.263 e. The third-order valence-electron chi connectivity index (χ3n) is 3.02. The van der Waals surface area contributed by atoms with Crippen molar-refractivity contribution in [1.29, 1.82) is 0 Å². The maximum absolute atomic E-state index is 12.3. The Labute approximate surface area is 126 Å². The molecule has 6 nitrogen and oxygen atoms in total. The molecule has 1 heterocycles. The van der Waals surface area contributed by atoms with Gasteiger partial charge in [0.15, 0.2) is 0 Å². The fourth-order valence-electron chi connectivity index (χ4n) is 2.12. The van der Waals surface area contributed by atoms with Crippen molar-refractivity contribution in [1.82, 2.24) is 5.32 Å². The summed E-state index contributed by atoms with van der Waals surface area (Å²) >= 11 is 1.29. The Hall–Kier alpha value is -2.28. The van der Waals surface area contributed by atoms with Crippen LogP contribution in [0.4, 0.5) is 5.69 Å². The SMILES string of the molecule is COc1cccc2sc(C(=O)NC(C)CC(N)=O)c(N)c12. The Morgan fingerprint density at radius 2 is 2.14 bits per heavy atom. The average Bonchev–Trinajstić information content (AvgIpc) is 2.75. The highest BCUT2D eigenvalue weighted by Crippen LogP contribution is 2.39. The molecule has 1 atom stereocenters. The number of carbonyl (C=O) groups excluding carboxylic acids is 2. The summed E-state index contributed by atoms with van der Waals surface area (Å²) in [5.41, 5.74) is 11.6. The van der Waals surface area contributed by atoms with E-state index in [0.717, 1.165) is 10.1 Å². The van der Waals surface area contributed by atoms with Crippen LogP contribution in [0, 0.1) is 0 Å². The van der Waals surface area contributed by atoms with Gasteiger partial charge in [0, 0.05) is 17.2 Å². The number of hydrogen-bond donors (Lipinski definition) is 3. The Morgan fingerprint density at radius 3 is 2.76 bits per heavy atom. The summed E-state index contributed by atoms with van der Waals surface area (Å²) in [6.45, 7) is 1.72. The number of benzene rings is 1. The fourth-order valence-corrected chi connectivity index (χ4v) is 3.16. The second kappa shape index (κ2) is 6.01. The van der Waals surface area contributed by atoms with Gasteiger partial charge >= 0.3 is 0 Å². The Morgan fingerprint density at radius 1 is 1.43 bits per heavy atom. The van der Waals surface area contributed by atoms with Crippen LogP contribution >= 0.6 is 11.3 Å². The number of fused-ring (bicyclic) bond motifs is 1. The number of anilines is 1. The van der Waals surface area contributed by atoms with Crippen molar-refractivity contribution >= 4 is 38.9 Å². The number of thiophene rings is 1. The van der Waals surface area contributed by atoms with Gasteiger partial charge in [-0.15, -0.1) is 11.3 Å². The van der Waals surface area contributed by atoms with Crippen molar-refractivity contribution in [3.8, 4) is 5.75 Å². The molecule has 5 N–H and O–H groups in total. The number of hydrogen-bond acceptors (Lipinski definition) is 5. The van der Waals surface area contributed by atoms with Gasteiger partial charge in [-0.05, 0) is 19.1 Å². The lowest BCUT2D eigenvalue weighted by atomic mass is 10.2. The lowest BCUT2D eigenvalue weighted by Gasteiger charge is -2.11. The summed E-state index contributed by atoms with van der Waals surface area (Å²) in [7, 11) is 1.56. The number of carbonyl (C=O) groups is 2. The van der Waals surface area contributed by atoms with Gasteiger partial charge in [0.05, 0.1) is 18.2 Å². The molecule has 2 aromatic rings. The predicted molar refractivity (Wildman–Crippen MR) is 83.5 cm³/mol. The normalized spacial score (nSPS) is 12.1. The summed E-state index contributed by atoms with van der Waals surface area (Å²) in [6, 6.07) is 5.17. The molecule has 112 valence electrons. The topological polar surface area (TPSA) is 107 Å². The minimum Gasteiger partial charge on any atom is -0.496 e. The number of ether oxygens (including phenoxy) is 1. The van der Waals surface area contributed by atoms with E-state index < -0.39 is 5.91 Å². The molecule has 2 amide bonds. The van der Waals surface area contributed by atoms with E-state index >= 15 is 0 Å². The van der Waals surface area contributed by atoms with E-state index in [1.807, 2.05) is 12.1 Å². The molecule has 0 saturated carbocycles. The van der Waals surface area contributed by atoms with Crippen LogP contribution in [0.1, 0.15) is 23.0 Å². The number of nitrogens with one attached hydrogen (secondary N) is 1. The van der Waals surface area contributed by atoms with Gasteiger partial charge in [0.2, 0.25) is 5.91 Å². The third-order valence-corrected chi connectivity index (χ3v) is 4.19. The number of primary amides is 1. The summed E-state index contributed by atoms with van der Waals surface area (Å²) in [5, 5.41) is 3.45. The van der Waals surface area contributed by atoms with Gasteiger partial charge < -0.3 is 21.5 Å². The molecule has 1 unspecified atom stereocenters. The van der Waals surface area contributed by atoms with Crippen LogP contribution in [0.15, 0.2) is 18.2 Å². The molecule has 7 heteroatoms. The zero-order chi connectivity index (χ0) is 15.6. The van der Waals surface area contributed by atoms with E-state index in [-0.39, 0.29) is 18.4 Å². The van der Waals surface area contributed by atoms with Gasteiger partial charge in [0.1, 0.15) is 10.6 Å². The molecule has 0 bridgehead atoms. The zero-order valence-corrected chi connectivity index (χ0v) is 12.6. The van der Waals surface area contributed by atoms with Gasteiger partial charge in [-0.3, -0.25) is 9.59 Å². The van der Waals surface area contributed by atoms with E-state index in [2.05, 4.69) is 5.32 Å². The van der Waals surface area contributed by atoms with Crippen LogP contribution in [-0.2, 0) is 4.79 Å². The molecule has 0 aliphatic rings. The van der Waals surface area contributed by atoms with E-state index in [9.17, 15) is 9.59 Å². The predicted octanol–water partition coefficient (Wildman–Crippen LogP) is 1.49. The van der Waals surface area contributed by atoms with Crippen LogP contribution in [0.2, 0.25) is 0 Å². The Kier molecular flexibility index (Phi) is 4.32. The molecular weight excluding hydrogens is 290 g/mol. The molecular formula is C14H17N3O3S. The lowest BCUT2D eigenvalue weighted by molar-refractivity contribution is -0.118. The summed E-state index contributed by atoms with van der Waals surface area (Å²) in [6.07, 6.45) is 0.0832. The van der Waals surface area contributed by atoms with Crippen LogP contribution in [0.25, 0.3) is 10.1 Å². The first-order chi connectivity index (χ1) is 9.93. The van der Waals surface area contributed by atoms with Crippen LogP contribution in [0.3, 0.4) is 0 Å². The standard InChI is InChI=1S/C14H17N3O3S/c1-7(6-10(15)18)17-14(19)13-12(16)11-8(20-2)4-3-5-9(11)21-13/h3-5,7H,6,16H2,1-2H3,(H2,15,18)(H,17,19). The minimum absolute atomic E-state index is 0.0832. The zero-order valence-electron chi connectivity index (χ0n) is 11.8. The third kappa shape index (κ3) is 3.08. The lowest BCUT2D eigenvalue weighted by Crippen LogP contribution is -2.35. The first kappa shape index (κ1) is 15.1. The van der Waals surface area contributed by atoms with E-state index in [1.165, 1.54) is 11.3 Å². The largest absolute Gasteiger partial charge is 0.496 e. The van der Waals surface area contributed by atoms with Crippen molar-refractivity contribution in [3.05, 3.63) is 23.1 Å². The molecule has 0 fully saturated rings. The van der Waals surface area contributed by atoms with Crippen molar-refractivity contribution in [2.24, 2.45) is 5.73 Å². The van der Waals surface area contributed by atoms with Crippen molar-refractivity contribution in [2.75, 3.05) is 12.8 Å². The number of methoxy groups -OCH3 is 1. The maximum atomic E-state index is 12.3. The molecule has 2 rings (SSSR count). The molecule has 0 aliphatic heterocycles. The Bertz CT molecular complexity index is 696. The average molecular weight is 307 g/mol. The molecule has 0 spiro atoms. The summed E-state index contributed by atoms with van der Waals surface area (Å²) < 4.78 is 6.14. The number of rotatable bonds is 5. The highest BCUT2D eigenvalue weighted by Gasteiger charge is 2.20. The molecule has 0 radical (unpaired) electrons. The Balaban J connectivity index is 2.32. The van der Waals surface area contributed by atoms with Crippen LogP contribution < -0.4 is 21.5 Å². The minimum atomic E-state index is -0.464. The number of nitrogen functional groups attached to an aromatic ring is 1. The van der Waals surface area contributed by atoms with E-state index in [0.29, 0.717) is 16.3 Å². The monoisotopic (exact) mass is 307 g/mol. The molecule has 1 aromatic heterocycles. The van der Waals surface area contributed by atoms with Crippen molar-refractivity contribution in [3.63, 3.8) is 0 Å². The number of amides is 2. The first-order valence-corrected chi connectivity index (χ1v) is 7.19. The van der Waals surface area contributed by atoms with Gasteiger partial charge in [-0.2, -0.15) is 0 Å². The van der Waals surface area contributed by atoms with Crippen molar-refractivity contribution < 1.29 is 14.3 Å². The van der Waals surface area contributed by atoms with Gasteiger partial charge in [0.25, 0.3) is 5.91 Å². The molecule has 21 heavy (non-hydrogen) atoms. The maximum Gasteiger partial charge on any atom is 0.263 e. The summed E-state index contributed by atoms with van der Waals surface area (Å²) in [5.74, 6) is -0.149. The molecule has 0 aliphatic carbocycles. The van der Waals surface area contributed by atoms with Crippen molar-refractivity contribution in [2.45, 2.75) is 19.4 Å².